The molecule has 6 nitrogen and oxygen atoms in total. The maximum Gasteiger partial charge on any atom is 0.190 e. The molecule has 270 valence electrons. The predicted octanol–water partition coefficient (Wildman–Crippen LogP) is 7.09. The Hall–Kier alpha value is -2.91. The minimum Gasteiger partial charge on any atom is -0.394 e. The van der Waals surface area contributed by atoms with Crippen molar-refractivity contribution in [2.75, 3.05) is 26.2 Å². The van der Waals surface area contributed by atoms with Gasteiger partial charge in [0, 0.05) is 51.9 Å². The number of thiophene rings is 1. The van der Waals surface area contributed by atoms with Crippen LogP contribution in [0, 0.1) is 33.5 Å². The van der Waals surface area contributed by atoms with E-state index in [2.05, 4.69) is 66.6 Å². The lowest BCUT2D eigenvalue weighted by Gasteiger charge is -2.71. The van der Waals surface area contributed by atoms with E-state index in [1.165, 1.54) is 4.88 Å². The minimum atomic E-state index is -1.04. The van der Waals surface area contributed by atoms with Crippen LogP contribution in [0.3, 0.4) is 0 Å². The lowest BCUT2D eigenvalue weighted by atomic mass is 9.32. The van der Waals surface area contributed by atoms with E-state index in [9.17, 15) is 20.4 Å². The van der Waals surface area contributed by atoms with Gasteiger partial charge in [-0.3, -0.25) is 9.69 Å². The Balaban J connectivity index is 1.21. The molecule has 2 bridgehead atoms. The predicted molar refractivity (Wildman–Crippen MR) is 202 cm³/mol. The molecule has 0 amide bonds. The molecule has 9 rings (SSSR count). The maximum atomic E-state index is 15.4. The molecule has 3 saturated carbocycles. The minimum absolute atomic E-state index is 0.0352. The SMILES string of the molecule is C[C@]12CC[C@H]3[C@]4(C=C[C@@]5(C=C4C(=O)c4ccccc4-c4ccccc4)CC(O)CC[C@]35C)[C@@H]1CC[C@@]2(O)CN(CCc1cccs1)C[C@H](O)CO. The number of ketones is 1. The van der Waals surface area contributed by atoms with Gasteiger partial charge >= 0.3 is 0 Å². The van der Waals surface area contributed by atoms with Crippen molar-refractivity contribution in [1.82, 2.24) is 4.90 Å². The Morgan fingerprint density at radius 2 is 1.65 bits per heavy atom. The number of rotatable bonds is 11. The molecule has 0 saturated heterocycles. The smallest absolute Gasteiger partial charge is 0.190 e. The highest BCUT2D eigenvalue weighted by Gasteiger charge is 2.74. The van der Waals surface area contributed by atoms with Gasteiger partial charge in [-0.05, 0) is 91.2 Å². The number of nitrogens with zero attached hydrogens (tertiary/aromatic N) is 1. The van der Waals surface area contributed by atoms with Crippen molar-refractivity contribution in [3.8, 4) is 11.1 Å². The highest BCUT2D eigenvalue weighted by atomic mass is 32.1. The average molecular weight is 708 g/mol. The van der Waals surface area contributed by atoms with Gasteiger partial charge in [-0.25, -0.2) is 0 Å². The molecule has 7 heteroatoms. The summed E-state index contributed by atoms with van der Waals surface area (Å²) in [7, 11) is 0. The number of hydrogen-bond donors (Lipinski definition) is 4. The van der Waals surface area contributed by atoms with Crippen LogP contribution < -0.4 is 0 Å². The fraction of sp³-hybridized carbons (Fsp3) is 0.523. The standard InChI is InChI=1S/C44H53NO5S/c1-40-18-14-31(47)25-42(40)21-22-44(36(26-42)39(49)35-13-7-6-12-34(35)30-9-4-3-5-10-30)37(40)15-19-41(2)38(44)16-20-43(41,50)29-45(27-32(48)28-46)23-17-33-11-8-24-51-33/h3-13,21-22,24,26,31-32,37-38,46-48,50H,14-20,23,25,27-29H2,1-2H3/t31?,32-,37+,38+,40+,41-,42-,43+,44+/m0/s1. The Morgan fingerprint density at radius 1 is 0.922 bits per heavy atom. The molecule has 4 N–H and O–H groups in total. The van der Waals surface area contributed by atoms with Gasteiger partial charge in [0.15, 0.2) is 5.78 Å². The van der Waals surface area contributed by atoms with E-state index in [0.717, 1.165) is 55.2 Å². The fourth-order valence-corrected chi connectivity index (χ4v) is 12.7. The normalized spacial score (nSPS) is 37.1. The van der Waals surface area contributed by atoms with Gasteiger partial charge in [0.1, 0.15) is 0 Å². The molecule has 2 spiro atoms. The van der Waals surface area contributed by atoms with Gasteiger partial charge in [0.05, 0.1) is 24.4 Å². The van der Waals surface area contributed by atoms with E-state index in [4.69, 9.17) is 0 Å². The Kier molecular flexibility index (Phi) is 8.88. The largest absolute Gasteiger partial charge is 0.394 e. The third-order valence-electron chi connectivity index (χ3n) is 14.6. The summed E-state index contributed by atoms with van der Waals surface area (Å²) >= 11 is 1.71. The molecular weight excluding hydrogens is 655 g/mol. The van der Waals surface area contributed by atoms with Crippen LogP contribution in [-0.2, 0) is 6.42 Å². The third kappa shape index (κ3) is 5.32. The zero-order valence-corrected chi connectivity index (χ0v) is 30.8. The summed E-state index contributed by atoms with van der Waals surface area (Å²) in [5.74, 6) is 0.309. The molecule has 51 heavy (non-hydrogen) atoms. The summed E-state index contributed by atoms with van der Waals surface area (Å²) < 4.78 is 0. The molecule has 2 aromatic carbocycles. The summed E-state index contributed by atoms with van der Waals surface area (Å²) in [4.78, 5) is 18.8. The van der Waals surface area contributed by atoms with E-state index in [-0.39, 0.29) is 29.6 Å². The second kappa shape index (κ2) is 12.9. The van der Waals surface area contributed by atoms with Gasteiger partial charge in [-0.15, -0.1) is 11.3 Å². The average Bonchev–Trinajstić information content (AvgIpc) is 3.76. The number of aliphatic hydroxyl groups is 4. The number of allylic oxidation sites excluding steroid dienone is 4. The fourth-order valence-electron chi connectivity index (χ4n) is 12.0. The van der Waals surface area contributed by atoms with Crippen LogP contribution in [0.15, 0.2) is 95.9 Å². The van der Waals surface area contributed by atoms with Crippen molar-refractivity contribution in [2.24, 2.45) is 33.5 Å². The summed E-state index contributed by atoms with van der Waals surface area (Å²) in [6.45, 7) is 5.75. The highest BCUT2D eigenvalue weighted by molar-refractivity contribution is 7.09. The van der Waals surface area contributed by atoms with Crippen LogP contribution in [0.4, 0.5) is 0 Å². The van der Waals surface area contributed by atoms with Crippen molar-refractivity contribution in [1.29, 1.82) is 0 Å². The van der Waals surface area contributed by atoms with Gasteiger partial charge in [-0.1, -0.05) is 92.7 Å². The summed E-state index contributed by atoms with van der Waals surface area (Å²) in [6, 6.07) is 22.3. The number of carbonyl (C=O) groups is 1. The quantitative estimate of drug-likeness (QED) is 0.126. The van der Waals surface area contributed by atoms with E-state index < -0.39 is 34.1 Å². The Morgan fingerprint density at radius 3 is 2.41 bits per heavy atom. The Bertz CT molecular complexity index is 1820. The van der Waals surface area contributed by atoms with Crippen molar-refractivity contribution in [3.05, 3.63) is 106 Å². The van der Waals surface area contributed by atoms with Crippen LogP contribution in [-0.4, -0.2) is 75.2 Å². The molecule has 6 aliphatic carbocycles. The lowest BCUT2D eigenvalue weighted by Crippen LogP contribution is -2.67. The Labute approximate surface area is 306 Å². The highest BCUT2D eigenvalue weighted by Crippen LogP contribution is 2.78. The number of carbonyl (C=O) groups excluding carboxylic acids is 1. The summed E-state index contributed by atoms with van der Waals surface area (Å²) in [5, 5.41) is 46.6. The molecule has 1 aromatic heterocycles. The number of hydrogen-bond acceptors (Lipinski definition) is 7. The van der Waals surface area contributed by atoms with E-state index in [0.29, 0.717) is 38.0 Å². The first-order valence-corrected chi connectivity index (χ1v) is 19.9. The van der Waals surface area contributed by atoms with Crippen molar-refractivity contribution >= 4 is 17.1 Å². The maximum absolute atomic E-state index is 15.4. The van der Waals surface area contributed by atoms with Crippen molar-refractivity contribution < 1.29 is 25.2 Å². The van der Waals surface area contributed by atoms with Gasteiger partial charge < -0.3 is 20.4 Å². The van der Waals surface area contributed by atoms with E-state index in [1.54, 1.807) is 11.3 Å². The van der Waals surface area contributed by atoms with Crippen LogP contribution in [0.5, 0.6) is 0 Å². The molecule has 1 heterocycles. The zero-order chi connectivity index (χ0) is 35.6. The topological polar surface area (TPSA) is 101 Å². The number of Topliss-reactive ketones (excluding diaryl/α,β-unsaturated/α-hetero) is 1. The first-order chi connectivity index (χ1) is 24.5. The second-order valence-electron chi connectivity index (χ2n) is 17.0. The van der Waals surface area contributed by atoms with Crippen LogP contribution >= 0.6 is 11.3 Å². The molecule has 6 aliphatic rings. The molecule has 9 atom stereocenters. The lowest BCUT2D eigenvalue weighted by molar-refractivity contribution is -0.177. The first kappa shape index (κ1) is 35.1. The van der Waals surface area contributed by atoms with Crippen molar-refractivity contribution in [3.63, 3.8) is 0 Å². The van der Waals surface area contributed by atoms with Crippen molar-refractivity contribution in [2.45, 2.75) is 83.0 Å². The van der Waals surface area contributed by atoms with Gasteiger partial charge in [0.25, 0.3) is 0 Å². The molecule has 0 aliphatic heterocycles. The van der Waals surface area contributed by atoms with Crippen LogP contribution in [0.2, 0.25) is 0 Å². The van der Waals surface area contributed by atoms with Gasteiger partial charge in [-0.2, -0.15) is 0 Å². The van der Waals surface area contributed by atoms with E-state index >= 15 is 4.79 Å². The number of fused-ring (bicyclic) bond motifs is 1. The molecule has 1 unspecified atom stereocenters. The monoisotopic (exact) mass is 707 g/mol. The molecule has 3 fully saturated rings. The molecule has 3 aromatic rings. The summed E-state index contributed by atoms with van der Waals surface area (Å²) in [5.41, 5.74) is 0.920. The zero-order valence-electron chi connectivity index (χ0n) is 30.0. The molecular formula is C44H53NO5S. The van der Waals surface area contributed by atoms with Gasteiger partial charge in [0.2, 0.25) is 0 Å². The third-order valence-corrected chi connectivity index (χ3v) is 15.6. The molecule has 0 radical (unpaired) electrons. The van der Waals surface area contributed by atoms with Crippen LogP contribution in [0.1, 0.15) is 74.0 Å². The first-order valence-electron chi connectivity index (χ1n) is 19.1. The summed E-state index contributed by atoms with van der Waals surface area (Å²) in [6.07, 6.45) is 12.0. The van der Waals surface area contributed by atoms with E-state index in [1.807, 2.05) is 42.5 Å². The number of benzene rings is 2. The second-order valence-corrected chi connectivity index (χ2v) is 18.0. The van der Waals surface area contributed by atoms with Crippen LogP contribution in [0.25, 0.3) is 11.1 Å². The number of aliphatic hydroxyl groups excluding tert-OH is 3.